The Balaban J connectivity index is 1.35. The second-order valence-corrected chi connectivity index (χ2v) is 11.1. The first-order chi connectivity index (χ1) is 16.2. The summed E-state index contributed by atoms with van der Waals surface area (Å²) >= 11 is 0. The molecular formula is C29H31N3O2. The predicted molar refractivity (Wildman–Crippen MR) is 132 cm³/mol. The summed E-state index contributed by atoms with van der Waals surface area (Å²) in [6.45, 7) is 8.38. The molecule has 2 fully saturated rings. The van der Waals surface area contributed by atoms with Crippen molar-refractivity contribution in [1.82, 2.24) is 9.88 Å². The zero-order valence-electron chi connectivity index (χ0n) is 20.1. The Kier molecular flexibility index (Phi) is 4.62. The van der Waals surface area contributed by atoms with Crippen molar-refractivity contribution in [3.63, 3.8) is 0 Å². The van der Waals surface area contributed by atoms with Gasteiger partial charge in [0, 0.05) is 46.7 Å². The van der Waals surface area contributed by atoms with E-state index < -0.39 is 5.60 Å². The van der Waals surface area contributed by atoms with Gasteiger partial charge in [0.1, 0.15) is 0 Å². The van der Waals surface area contributed by atoms with Gasteiger partial charge in [0.05, 0.1) is 22.8 Å². The minimum atomic E-state index is -0.460. The summed E-state index contributed by atoms with van der Waals surface area (Å²) in [6, 6.07) is 14.2. The van der Waals surface area contributed by atoms with E-state index in [-0.39, 0.29) is 17.2 Å². The van der Waals surface area contributed by atoms with Gasteiger partial charge < -0.3 is 10.1 Å². The summed E-state index contributed by atoms with van der Waals surface area (Å²) in [6.07, 6.45) is 4.04. The maximum atomic E-state index is 13.6. The van der Waals surface area contributed by atoms with Crippen LogP contribution in [0.1, 0.15) is 90.8 Å². The minimum Gasteiger partial charge on any atom is -0.390 e. The van der Waals surface area contributed by atoms with Crippen LogP contribution in [0.2, 0.25) is 0 Å². The Morgan fingerprint density at radius 3 is 2.56 bits per heavy atom. The van der Waals surface area contributed by atoms with E-state index in [1.54, 1.807) is 6.07 Å². The number of rotatable bonds is 3. The number of nitriles is 1. The highest BCUT2D eigenvalue weighted by Crippen LogP contribution is 2.47. The molecule has 1 saturated carbocycles. The molecule has 0 radical (unpaired) electrons. The third-order valence-corrected chi connectivity index (χ3v) is 8.77. The molecule has 1 aromatic heterocycles. The molecule has 3 aromatic rings. The maximum Gasteiger partial charge on any atom is 0.195 e. The van der Waals surface area contributed by atoms with Crippen LogP contribution in [0.25, 0.3) is 10.9 Å². The summed E-state index contributed by atoms with van der Waals surface area (Å²) < 4.78 is 0. The predicted octanol–water partition coefficient (Wildman–Crippen LogP) is 5.21. The van der Waals surface area contributed by atoms with E-state index in [2.05, 4.69) is 48.9 Å². The SMILES string of the molecule is CC(c1ccc2c(c1)C(C)(C)c1[nH]c3cc(C#N)ccc3c1C2=O)N1CCC(O)(C2CC2)CC1. The molecule has 3 aliphatic rings. The normalized spacial score (nSPS) is 22.1. The van der Waals surface area contributed by atoms with Crippen LogP contribution < -0.4 is 0 Å². The van der Waals surface area contributed by atoms with Crippen molar-refractivity contribution in [2.75, 3.05) is 13.1 Å². The molecule has 1 saturated heterocycles. The van der Waals surface area contributed by atoms with Crippen LogP contribution >= 0.6 is 0 Å². The Bertz CT molecular complexity index is 1360. The highest BCUT2D eigenvalue weighted by Gasteiger charge is 2.46. The Hall–Kier alpha value is -2.94. The number of hydrogen-bond acceptors (Lipinski definition) is 4. The summed E-state index contributed by atoms with van der Waals surface area (Å²) in [5.41, 5.74) is 5.27. The number of piperidine rings is 1. The van der Waals surface area contributed by atoms with Crippen molar-refractivity contribution in [1.29, 1.82) is 5.26 Å². The van der Waals surface area contributed by atoms with Gasteiger partial charge in [0.15, 0.2) is 5.78 Å². The molecule has 0 spiro atoms. The molecular weight excluding hydrogens is 422 g/mol. The number of aromatic amines is 1. The Labute approximate surface area is 200 Å². The van der Waals surface area contributed by atoms with Crippen molar-refractivity contribution in [3.05, 3.63) is 69.9 Å². The summed E-state index contributed by atoms with van der Waals surface area (Å²) in [4.78, 5) is 19.6. The van der Waals surface area contributed by atoms with Gasteiger partial charge >= 0.3 is 0 Å². The van der Waals surface area contributed by atoms with Gasteiger partial charge in [-0.3, -0.25) is 9.69 Å². The van der Waals surface area contributed by atoms with Crippen LogP contribution in [0.15, 0.2) is 36.4 Å². The molecule has 2 aliphatic carbocycles. The second-order valence-electron chi connectivity index (χ2n) is 11.1. The molecule has 174 valence electrons. The van der Waals surface area contributed by atoms with Crippen LogP contribution in [-0.4, -0.2) is 39.5 Å². The zero-order chi connectivity index (χ0) is 23.8. The fourth-order valence-corrected chi connectivity index (χ4v) is 6.32. The molecule has 5 nitrogen and oxygen atoms in total. The van der Waals surface area contributed by atoms with Crippen LogP contribution in [0.3, 0.4) is 0 Å². The number of hydrogen-bond donors (Lipinski definition) is 2. The van der Waals surface area contributed by atoms with Gasteiger partial charge in [-0.25, -0.2) is 0 Å². The number of ketones is 1. The van der Waals surface area contributed by atoms with Crippen molar-refractivity contribution in [2.24, 2.45) is 5.92 Å². The third-order valence-electron chi connectivity index (χ3n) is 8.77. The minimum absolute atomic E-state index is 0.0481. The number of aliphatic hydroxyl groups is 1. The number of H-pyrrole nitrogens is 1. The first kappa shape index (κ1) is 21.6. The molecule has 1 unspecified atom stereocenters. The number of carbonyl (C=O) groups excluding carboxylic acids is 1. The van der Waals surface area contributed by atoms with Crippen LogP contribution in [-0.2, 0) is 5.41 Å². The van der Waals surface area contributed by atoms with E-state index >= 15 is 0 Å². The highest BCUT2D eigenvalue weighted by atomic mass is 16.3. The smallest absolute Gasteiger partial charge is 0.195 e. The lowest BCUT2D eigenvalue weighted by Gasteiger charge is -2.41. The van der Waals surface area contributed by atoms with Gasteiger partial charge in [-0.05, 0) is 61.8 Å². The molecule has 1 aliphatic heterocycles. The monoisotopic (exact) mass is 453 g/mol. The molecule has 2 N–H and O–H groups in total. The van der Waals surface area contributed by atoms with E-state index in [1.165, 1.54) is 18.4 Å². The molecule has 0 amide bonds. The number of carbonyl (C=O) groups is 1. The van der Waals surface area contributed by atoms with Gasteiger partial charge in [0.25, 0.3) is 0 Å². The fourth-order valence-electron chi connectivity index (χ4n) is 6.32. The Morgan fingerprint density at radius 2 is 1.88 bits per heavy atom. The third kappa shape index (κ3) is 3.09. The Morgan fingerprint density at radius 1 is 1.15 bits per heavy atom. The number of nitrogens with one attached hydrogen (secondary N) is 1. The largest absolute Gasteiger partial charge is 0.390 e. The zero-order valence-corrected chi connectivity index (χ0v) is 20.1. The maximum absolute atomic E-state index is 13.6. The topological polar surface area (TPSA) is 80.1 Å². The summed E-state index contributed by atoms with van der Waals surface area (Å²) in [7, 11) is 0. The van der Waals surface area contributed by atoms with Crippen molar-refractivity contribution in [3.8, 4) is 6.07 Å². The molecule has 2 aromatic carbocycles. The van der Waals surface area contributed by atoms with Crippen molar-refractivity contribution < 1.29 is 9.90 Å². The second kappa shape index (κ2) is 7.28. The van der Waals surface area contributed by atoms with E-state index in [4.69, 9.17) is 0 Å². The average Bonchev–Trinajstić information content (AvgIpc) is 3.63. The summed E-state index contributed by atoms with van der Waals surface area (Å²) in [5, 5.41) is 21.1. The molecule has 34 heavy (non-hydrogen) atoms. The molecule has 5 heteroatoms. The van der Waals surface area contributed by atoms with Crippen molar-refractivity contribution in [2.45, 2.75) is 63.5 Å². The number of benzene rings is 2. The van der Waals surface area contributed by atoms with Gasteiger partial charge in [0.2, 0.25) is 0 Å². The van der Waals surface area contributed by atoms with E-state index in [0.29, 0.717) is 11.5 Å². The first-order valence-electron chi connectivity index (χ1n) is 12.4. The lowest BCUT2D eigenvalue weighted by Crippen LogP contribution is -2.46. The van der Waals surface area contributed by atoms with Crippen LogP contribution in [0.5, 0.6) is 0 Å². The summed E-state index contributed by atoms with van der Waals surface area (Å²) in [5.74, 6) is 0.558. The van der Waals surface area contributed by atoms with Crippen LogP contribution in [0.4, 0.5) is 0 Å². The standard InChI is InChI=1S/C29H31N3O2/c1-17(32-12-10-29(34,11-13-32)20-6-7-20)19-5-9-21-23(15-19)28(2,3)27-25(26(21)33)22-8-4-18(16-30)14-24(22)31-27/h4-5,8-9,14-15,17,20,31,34H,6-7,10-13H2,1-3H3. The number of nitrogens with zero attached hydrogens (tertiary/aromatic N) is 2. The molecule has 2 heterocycles. The van der Waals surface area contributed by atoms with Gasteiger partial charge in [-0.1, -0.05) is 38.1 Å². The van der Waals surface area contributed by atoms with Crippen molar-refractivity contribution >= 4 is 16.7 Å². The quantitative estimate of drug-likeness (QED) is 0.571. The number of fused-ring (bicyclic) bond motifs is 4. The number of likely N-dealkylation sites (tertiary alicyclic amines) is 1. The van der Waals surface area contributed by atoms with Gasteiger partial charge in [-0.2, -0.15) is 5.26 Å². The van der Waals surface area contributed by atoms with Gasteiger partial charge in [-0.15, -0.1) is 0 Å². The average molecular weight is 454 g/mol. The number of aromatic nitrogens is 1. The lowest BCUT2D eigenvalue weighted by atomic mass is 9.70. The van der Waals surface area contributed by atoms with E-state index in [1.807, 2.05) is 18.2 Å². The molecule has 1 atom stereocenters. The van der Waals surface area contributed by atoms with Crippen LogP contribution in [0, 0.1) is 17.2 Å². The lowest BCUT2D eigenvalue weighted by molar-refractivity contribution is -0.0464. The van der Waals surface area contributed by atoms with E-state index in [9.17, 15) is 15.2 Å². The highest BCUT2D eigenvalue weighted by molar-refractivity contribution is 6.20. The molecule has 6 rings (SSSR count). The van der Waals surface area contributed by atoms with E-state index in [0.717, 1.165) is 59.2 Å². The molecule has 0 bridgehead atoms. The first-order valence-corrected chi connectivity index (χ1v) is 12.4. The fraction of sp³-hybridized carbons (Fsp3) is 0.448.